The van der Waals surface area contributed by atoms with E-state index in [2.05, 4.69) is 34.9 Å². The highest BCUT2D eigenvalue weighted by atomic mass is 16.5. The number of morpholine rings is 1. The lowest BCUT2D eigenvalue weighted by atomic mass is 10.2. The quantitative estimate of drug-likeness (QED) is 0.539. The molecule has 1 saturated carbocycles. The summed E-state index contributed by atoms with van der Waals surface area (Å²) < 4.78 is 13.0. The van der Waals surface area contributed by atoms with Gasteiger partial charge in [-0.3, -0.25) is 0 Å². The Kier molecular flexibility index (Phi) is 5.62. The lowest BCUT2D eigenvalue weighted by Crippen LogP contribution is -2.44. The molecule has 28 heavy (non-hydrogen) atoms. The van der Waals surface area contributed by atoms with Crippen molar-refractivity contribution in [2.75, 3.05) is 31.3 Å². The zero-order valence-electron chi connectivity index (χ0n) is 16.6. The van der Waals surface area contributed by atoms with E-state index in [-0.39, 0.29) is 12.0 Å². The summed E-state index contributed by atoms with van der Waals surface area (Å²) in [4.78, 5) is 23.7. The zero-order valence-corrected chi connectivity index (χ0v) is 16.6. The van der Waals surface area contributed by atoms with Gasteiger partial charge in [-0.05, 0) is 32.3 Å². The first-order valence-corrected chi connectivity index (χ1v) is 10.2. The summed E-state index contributed by atoms with van der Waals surface area (Å²) in [7, 11) is 0. The molecule has 0 bridgehead atoms. The third-order valence-electron chi connectivity index (χ3n) is 5.36. The number of aromatic nitrogens is 3. The van der Waals surface area contributed by atoms with Crippen molar-refractivity contribution in [3.05, 3.63) is 36.2 Å². The summed E-state index contributed by atoms with van der Waals surface area (Å²) in [5.41, 5.74) is 3.34. The molecule has 1 aliphatic carbocycles. The van der Waals surface area contributed by atoms with Crippen LogP contribution >= 0.6 is 0 Å². The van der Waals surface area contributed by atoms with Crippen molar-refractivity contribution in [2.24, 2.45) is 0 Å². The lowest BCUT2D eigenvalue weighted by molar-refractivity contribution is 0.0492. The van der Waals surface area contributed by atoms with Gasteiger partial charge >= 0.3 is 5.97 Å². The van der Waals surface area contributed by atoms with Crippen molar-refractivity contribution >= 4 is 11.7 Å². The minimum Gasteiger partial charge on any atom is -0.461 e. The first-order chi connectivity index (χ1) is 13.7. The highest BCUT2D eigenvalue weighted by Crippen LogP contribution is 2.39. The van der Waals surface area contributed by atoms with E-state index in [1.165, 1.54) is 12.8 Å². The molecule has 0 unspecified atom stereocenters. The van der Waals surface area contributed by atoms with Crippen LogP contribution in [0.5, 0.6) is 0 Å². The molecule has 2 aromatic rings. The molecule has 4 rings (SSSR count). The van der Waals surface area contributed by atoms with Gasteiger partial charge in [0.25, 0.3) is 0 Å². The van der Waals surface area contributed by atoms with Gasteiger partial charge in [0.2, 0.25) is 0 Å². The number of carbonyl (C=O) groups excluding carboxylic acids is 1. The molecule has 7 heteroatoms. The Balaban J connectivity index is 1.67. The zero-order chi connectivity index (χ0) is 19.5. The predicted molar refractivity (Wildman–Crippen MR) is 106 cm³/mol. The Labute approximate surface area is 165 Å². The summed E-state index contributed by atoms with van der Waals surface area (Å²) in [5, 5.41) is 0. The largest absolute Gasteiger partial charge is 0.461 e. The van der Waals surface area contributed by atoms with Crippen molar-refractivity contribution in [1.82, 2.24) is 14.5 Å². The van der Waals surface area contributed by atoms with Crippen LogP contribution in [0.4, 0.5) is 5.69 Å². The fourth-order valence-electron chi connectivity index (χ4n) is 3.51. The second kappa shape index (κ2) is 8.31. The Bertz CT molecular complexity index is 831. The molecule has 2 aliphatic rings. The lowest BCUT2D eigenvalue weighted by Gasteiger charge is -2.36. The molecule has 0 N–H and O–H groups in total. The standard InChI is InChI=1S/C21H28N4O3/c1-3-4-8-28-21(26)17-10-19(24-12-18(23-14-24)16-5-6-16)20(11-22-17)25-7-9-27-13-15(25)2/h10-12,14-16H,3-9,13H2,1-2H3/t15-/m0/s1. The number of imidazole rings is 1. The van der Waals surface area contributed by atoms with E-state index in [9.17, 15) is 4.79 Å². The number of rotatable bonds is 7. The Morgan fingerprint density at radius 2 is 2.18 bits per heavy atom. The molecular weight excluding hydrogens is 356 g/mol. The third kappa shape index (κ3) is 4.04. The number of carbonyl (C=O) groups is 1. The van der Waals surface area contributed by atoms with Crippen LogP contribution in [-0.4, -0.2) is 52.9 Å². The number of pyridine rings is 1. The fraction of sp³-hybridized carbons (Fsp3) is 0.571. The van der Waals surface area contributed by atoms with Crippen molar-refractivity contribution in [3.8, 4) is 5.69 Å². The second-order valence-electron chi connectivity index (χ2n) is 7.65. The highest BCUT2D eigenvalue weighted by molar-refractivity contribution is 5.89. The number of hydrogen-bond acceptors (Lipinski definition) is 6. The number of anilines is 1. The van der Waals surface area contributed by atoms with Crippen LogP contribution in [0.15, 0.2) is 24.8 Å². The van der Waals surface area contributed by atoms with Gasteiger partial charge in [0.1, 0.15) is 0 Å². The minimum atomic E-state index is -0.376. The molecule has 1 aliphatic heterocycles. The van der Waals surface area contributed by atoms with Gasteiger partial charge in [-0.25, -0.2) is 14.8 Å². The predicted octanol–water partition coefficient (Wildman–Crippen LogP) is 3.33. The number of esters is 1. The van der Waals surface area contributed by atoms with Crippen molar-refractivity contribution in [2.45, 2.75) is 51.5 Å². The molecule has 1 atom stereocenters. The molecule has 0 spiro atoms. The van der Waals surface area contributed by atoms with E-state index >= 15 is 0 Å². The van der Waals surface area contributed by atoms with E-state index in [4.69, 9.17) is 9.47 Å². The van der Waals surface area contributed by atoms with Crippen LogP contribution in [0, 0.1) is 0 Å². The Hall–Kier alpha value is -2.41. The number of hydrogen-bond donors (Lipinski definition) is 0. The van der Waals surface area contributed by atoms with Gasteiger partial charge < -0.3 is 18.9 Å². The van der Waals surface area contributed by atoms with Gasteiger partial charge in [0, 0.05) is 24.7 Å². The second-order valence-corrected chi connectivity index (χ2v) is 7.65. The van der Waals surface area contributed by atoms with E-state index in [1.54, 1.807) is 6.20 Å². The van der Waals surface area contributed by atoms with Crippen molar-refractivity contribution in [3.63, 3.8) is 0 Å². The maximum absolute atomic E-state index is 12.4. The molecule has 0 amide bonds. The van der Waals surface area contributed by atoms with E-state index in [1.807, 2.05) is 17.0 Å². The average molecular weight is 384 g/mol. The maximum Gasteiger partial charge on any atom is 0.356 e. The Morgan fingerprint density at radius 3 is 2.93 bits per heavy atom. The topological polar surface area (TPSA) is 69.5 Å². The number of unbranched alkanes of at least 4 members (excludes halogenated alkanes) is 1. The van der Waals surface area contributed by atoms with Crippen molar-refractivity contribution in [1.29, 1.82) is 0 Å². The SMILES string of the molecule is CCCCOC(=O)c1cc(-n2cnc(C3CC3)c2)c(N2CCOC[C@@H]2C)cn1. The fourth-order valence-corrected chi connectivity index (χ4v) is 3.51. The minimum absolute atomic E-state index is 0.239. The summed E-state index contributed by atoms with van der Waals surface area (Å²) in [6.07, 6.45) is 9.94. The summed E-state index contributed by atoms with van der Waals surface area (Å²) in [6, 6.07) is 2.06. The Morgan fingerprint density at radius 1 is 1.32 bits per heavy atom. The summed E-state index contributed by atoms with van der Waals surface area (Å²) in [5.74, 6) is 0.200. The first-order valence-electron chi connectivity index (χ1n) is 10.2. The molecule has 150 valence electrons. The smallest absolute Gasteiger partial charge is 0.356 e. The molecule has 3 heterocycles. The molecule has 0 radical (unpaired) electrons. The molecule has 2 fully saturated rings. The maximum atomic E-state index is 12.4. The molecule has 2 aromatic heterocycles. The van der Waals surface area contributed by atoms with Gasteiger partial charge in [-0.2, -0.15) is 0 Å². The average Bonchev–Trinajstić information content (AvgIpc) is 3.45. The van der Waals surface area contributed by atoms with E-state index in [0.717, 1.165) is 36.5 Å². The van der Waals surface area contributed by atoms with E-state index in [0.29, 0.717) is 31.4 Å². The summed E-state index contributed by atoms with van der Waals surface area (Å²) >= 11 is 0. The van der Waals surface area contributed by atoms with Crippen LogP contribution in [0.25, 0.3) is 5.69 Å². The van der Waals surface area contributed by atoms with Gasteiger partial charge in [-0.15, -0.1) is 0 Å². The van der Waals surface area contributed by atoms with Crippen LogP contribution in [0.2, 0.25) is 0 Å². The van der Waals surface area contributed by atoms with E-state index < -0.39 is 0 Å². The van der Waals surface area contributed by atoms with Crippen LogP contribution < -0.4 is 4.90 Å². The molecule has 7 nitrogen and oxygen atoms in total. The van der Waals surface area contributed by atoms with Gasteiger partial charge in [0.15, 0.2) is 5.69 Å². The monoisotopic (exact) mass is 384 g/mol. The molecule has 1 saturated heterocycles. The highest BCUT2D eigenvalue weighted by Gasteiger charge is 2.28. The van der Waals surface area contributed by atoms with Crippen LogP contribution in [0.3, 0.4) is 0 Å². The van der Waals surface area contributed by atoms with Gasteiger partial charge in [-0.1, -0.05) is 13.3 Å². The van der Waals surface area contributed by atoms with Crippen LogP contribution in [-0.2, 0) is 9.47 Å². The van der Waals surface area contributed by atoms with Gasteiger partial charge in [0.05, 0.1) is 49.4 Å². The molecular formula is C21H28N4O3. The molecule has 0 aromatic carbocycles. The van der Waals surface area contributed by atoms with Crippen LogP contribution in [0.1, 0.15) is 61.6 Å². The first kappa shape index (κ1) is 18.9. The number of nitrogens with zero attached hydrogens (tertiary/aromatic N) is 4. The normalized spacial score (nSPS) is 19.6. The third-order valence-corrected chi connectivity index (χ3v) is 5.36. The van der Waals surface area contributed by atoms with Crippen molar-refractivity contribution < 1.29 is 14.3 Å². The number of ether oxygens (including phenoxy) is 2. The summed E-state index contributed by atoms with van der Waals surface area (Å²) in [6.45, 7) is 6.78.